The first-order chi connectivity index (χ1) is 12.6. The van der Waals surface area contributed by atoms with Crippen LogP contribution in [0, 0.1) is 0 Å². The van der Waals surface area contributed by atoms with Gasteiger partial charge in [-0.3, -0.25) is 4.79 Å². The summed E-state index contributed by atoms with van der Waals surface area (Å²) in [5.41, 5.74) is 8.09. The van der Waals surface area contributed by atoms with Gasteiger partial charge in [0.15, 0.2) is 0 Å². The van der Waals surface area contributed by atoms with Crippen molar-refractivity contribution in [2.24, 2.45) is 12.8 Å². The monoisotopic (exact) mass is 350 g/mol. The molecule has 3 heterocycles. The van der Waals surface area contributed by atoms with Gasteiger partial charge in [-0.2, -0.15) is 5.10 Å². The molecule has 1 aliphatic rings. The Balaban J connectivity index is 1.53. The zero-order valence-corrected chi connectivity index (χ0v) is 14.7. The Morgan fingerprint density at radius 2 is 2.04 bits per heavy atom. The van der Waals surface area contributed by atoms with E-state index in [9.17, 15) is 4.79 Å². The summed E-state index contributed by atoms with van der Waals surface area (Å²) in [6, 6.07) is 11.5. The lowest BCUT2D eigenvalue weighted by atomic mass is 10.0. The van der Waals surface area contributed by atoms with E-state index in [2.05, 4.69) is 15.0 Å². The van der Waals surface area contributed by atoms with Gasteiger partial charge in [-0.25, -0.2) is 9.67 Å². The second-order valence-corrected chi connectivity index (χ2v) is 6.77. The Labute approximate surface area is 151 Å². The summed E-state index contributed by atoms with van der Waals surface area (Å²) in [4.78, 5) is 19.0. The van der Waals surface area contributed by atoms with Gasteiger partial charge in [0, 0.05) is 44.6 Å². The van der Waals surface area contributed by atoms with Crippen LogP contribution in [0.4, 0.5) is 5.69 Å². The maximum Gasteiger partial charge on any atom is 0.269 e. The lowest BCUT2D eigenvalue weighted by Gasteiger charge is -2.18. The molecule has 0 bridgehead atoms. The molecule has 0 unspecified atom stereocenters. The number of nitrogens with two attached hydrogens (primary N) is 1. The number of benzene rings is 1. The first kappa shape index (κ1) is 16.5. The van der Waals surface area contributed by atoms with Crippen molar-refractivity contribution in [1.82, 2.24) is 19.3 Å². The van der Waals surface area contributed by atoms with Gasteiger partial charge in [0.1, 0.15) is 5.82 Å². The minimum atomic E-state index is -0.111. The summed E-state index contributed by atoms with van der Waals surface area (Å²) in [6.07, 6.45) is 5.46. The quantitative estimate of drug-likeness (QED) is 0.758. The van der Waals surface area contributed by atoms with Crippen LogP contribution in [0.1, 0.15) is 17.3 Å². The normalized spacial score (nSPS) is 19.8. The minimum Gasteiger partial charge on any atom is -0.368 e. The van der Waals surface area contributed by atoms with Crippen LogP contribution in [-0.2, 0) is 13.6 Å². The topological polar surface area (TPSA) is 82.0 Å². The van der Waals surface area contributed by atoms with Gasteiger partial charge in [-0.15, -0.1) is 0 Å². The molecule has 7 nitrogen and oxygen atoms in total. The zero-order valence-electron chi connectivity index (χ0n) is 14.7. The fourth-order valence-corrected chi connectivity index (χ4v) is 3.52. The van der Waals surface area contributed by atoms with E-state index in [0.717, 1.165) is 23.6 Å². The van der Waals surface area contributed by atoms with Gasteiger partial charge in [0.25, 0.3) is 5.56 Å². The molecule has 0 aliphatic carbocycles. The van der Waals surface area contributed by atoms with Crippen LogP contribution >= 0.6 is 0 Å². The van der Waals surface area contributed by atoms with Crippen molar-refractivity contribution >= 4 is 5.69 Å². The second-order valence-electron chi connectivity index (χ2n) is 6.77. The Morgan fingerprint density at radius 1 is 1.23 bits per heavy atom. The highest BCUT2D eigenvalue weighted by atomic mass is 16.1. The second kappa shape index (κ2) is 6.76. The van der Waals surface area contributed by atoms with Crippen molar-refractivity contribution in [2.75, 3.05) is 18.0 Å². The van der Waals surface area contributed by atoms with E-state index in [0.29, 0.717) is 13.1 Å². The highest BCUT2D eigenvalue weighted by Gasteiger charge is 2.34. The molecule has 0 radical (unpaired) electrons. The molecule has 2 N–H and O–H groups in total. The van der Waals surface area contributed by atoms with Crippen molar-refractivity contribution in [3.05, 3.63) is 76.7 Å². The summed E-state index contributed by atoms with van der Waals surface area (Å²) < 4.78 is 3.48. The number of hydrogen-bond acceptors (Lipinski definition) is 5. The highest BCUT2D eigenvalue weighted by molar-refractivity contribution is 5.46. The number of rotatable bonds is 4. The smallest absolute Gasteiger partial charge is 0.269 e. The molecular weight excluding hydrogens is 328 g/mol. The highest BCUT2D eigenvalue weighted by Crippen LogP contribution is 2.28. The molecule has 3 aromatic rings. The molecule has 1 aliphatic heterocycles. The van der Waals surface area contributed by atoms with Crippen LogP contribution in [-0.4, -0.2) is 38.5 Å². The van der Waals surface area contributed by atoms with Crippen LogP contribution in [0.25, 0.3) is 0 Å². The van der Waals surface area contributed by atoms with Crippen LogP contribution in [0.2, 0.25) is 0 Å². The molecule has 4 rings (SSSR count). The third kappa shape index (κ3) is 3.13. The molecule has 2 aromatic heterocycles. The number of hydrogen-bond donors (Lipinski definition) is 1. The van der Waals surface area contributed by atoms with Gasteiger partial charge < -0.3 is 15.2 Å². The predicted octanol–water partition coefficient (Wildman–Crippen LogP) is 0.956. The van der Waals surface area contributed by atoms with E-state index in [1.165, 1.54) is 4.68 Å². The molecule has 0 spiro atoms. The molecule has 2 atom stereocenters. The Hall–Kier alpha value is -2.93. The molecule has 7 heteroatoms. The maximum atomic E-state index is 12.5. The lowest BCUT2D eigenvalue weighted by Crippen LogP contribution is -2.30. The lowest BCUT2D eigenvalue weighted by molar-refractivity contribution is 0.593. The van der Waals surface area contributed by atoms with Crippen LogP contribution < -0.4 is 16.2 Å². The zero-order chi connectivity index (χ0) is 18.1. The molecule has 1 saturated heterocycles. The van der Waals surface area contributed by atoms with Gasteiger partial charge in [0.05, 0.1) is 24.3 Å². The molecule has 26 heavy (non-hydrogen) atoms. The summed E-state index contributed by atoms with van der Waals surface area (Å²) >= 11 is 0. The van der Waals surface area contributed by atoms with Gasteiger partial charge in [-0.1, -0.05) is 30.3 Å². The van der Waals surface area contributed by atoms with Crippen molar-refractivity contribution in [2.45, 2.75) is 18.5 Å². The third-order valence-corrected chi connectivity index (χ3v) is 4.95. The van der Waals surface area contributed by atoms with Crippen LogP contribution in [0.5, 0.6) is 0 Å². The number of aryl methyl sites for hydroxylation is 1. The Bertz CT molecular complexity index is 948. The molecule has 0 saturated carbocycles. The SMILES string of the molecule is Cn1ccnc1[C@@H]1CN(c2cnn(Cc3ccccc3)c(=O)c2)C[C@H]1N. The van der Waals surface area contributed by atoms with E-state index >= 15 is 0 Å². The number of aromatic nitrogens is 4. The number of nitrogens with zero attached hydrogens (tertiary/aromatic N) is 5. The van der Waals surface area contributed by atoms with Crippen molar-refractivity contribution in [3.8, 4) is 0 Å². The summed E-state index contributed by atoms with van der Waals surface area (Å²) in [7, 11) is 1.98. The number of imidazole rings is 1. The van der Waals surface area contributed by atoms with Gasteiger partial charge in [0.2, 0.25) is 0 Å². The predicted molar refractivity (Wildman–Crippen MR) is 100 cm³/mol. The van der Waals surface area contributed by atoms with Crippen molar-refractivity contribution in [1.29, 1.82) is 0 Å². The van der Waals surface area contributed by atoms with Crippen molar-refractivity contribution in [3.63, 3.8) is 0 Å². The van der Waals surface area contributed by atoms with E-state index in [4.69, 9.17) is 5.73 Å². The third-order valence-electron chi connectivity index (χ3n) is 4.95. The molecule has 1 aromatic carbocycles. The average Bonchev–Trinajstić information content (AvgIpc) is 3.23. The van der Waals surface area contributed by atoms with E-state index in [1.807, 2.05) is 48.1 Å². The molecule has 1 fully saturated rings. The summed E-state index contributed by atoms with van der Waals surface area (Å²) in [5, 5.41) is 4.35. The Kier molecular flexibility index (Phi) is 4.30. The summed E-state index contributed by atoms with van der Waals surface area (Å²) in [5.74, 6) is 1.12. The fourth-order valence-electron chi connectivity index (χ4n) is 3.52. The Morgan fingerprint density at radius 3 is 2.73 bits per heavy atom. The van der Waals surface area contributed by atoms with Crippen LogP contribution in [0.3, 0.4) is 0 Å². The maximum absolute atomic E-state index is 12.5. The summed E-state index contributed by atoms with van der Waals surface area (Å²) in [6.45, 7) is 1.88. The van der Waals surface area contributed by atoms with Gasteiger partial charge in [-0.05, 0) is 5.56 Å². The first-order valence-corrected chi connectivity index (χ1v) is 8.70. The van der Waals surface area contributed by atoms with Crippen LogP contribution in [0.15, 0.2) is 59.8 Å². The molecule has 134 valence electrons. The largest absolute Gasteiger partial charge is 0.368 e. The first-order valence-electron chi connectivity index (χ1n) is 8.70. The van der Waals surface area contributed by atoms with Crippen molar-refractivity contribution < 1.29 is 0 Å². The van der Waals surface area contributed by atoms with E-state index in [-0.39, 0.29) is 17.5 Å². The van der Waals surface area contributed by atoms with E-state index in [1.54, 1.807) is 18.5 Å². The molecular formula is C19H22N6O. The number of anilines is 1. The average molecular weight is 350 g/mol. The standard InChI is InChI=1S/C19H22N6O/c1-23-8-7-21-19(23)16-12-24(13-17(16)20)15-9-18(26)25(22-10-15)11-14-5-3-2-4-6-14/h2-10,16-17H,11-13,20H2,1H3/t16-,17-/m1/s1. The van der Waals surface area contributed by atoms with E-state index < -0.39 is 0 Å². The molecule has 0 amide bonds. The van der Waals surface area contributed by atoms with Gasteiger partial charge >= 0.3 is 0 Å². The fraction of sp³-hybridized carbons (Fsp3) is 0.316. The minimum absolute atomic E-state index is 0.0251.